The first-order valence-electron chi connectivity index (χ1n) is 7.17. The Morgan fingerprint density at radius 1 is 1.20 bits per heavy atom. The Balaban J connectivity index is 2.22. The molecule has 0 spiro atoms. The summed E-state index contributed by atoms with van der Waals surface area (Å²) in [6.07, 6.45) is 4.08. The van der Waals surface area contributed by atoms with Crippen LogP contribution in [0.15, 0.2) is 0 Å². The van der Waals surface area contributed by atoms with Crippen molar-refractivity contribution in [3.63, 3.8) is 0 Å². The fourth-order valence-corrected chi connectivity index (χ4v) is 1.95. The van der Waals surface area contributed by atoms with Crippen LogP contribution in [0.1, 0.15) is 46.0 Å². The predicted molar refractivity (Wildman–Crippen MR) is 74.0 cm³/mol. The molecule has 2 amide bonds. The largest absolute Gasteiger partial charge is 0.480 e. The van der Waals surface area contributed by atoms with Gasteiger partial charge in [-0.2, -0.15) is 0 Å². The zero-order valence-corrected chi connectivity index (χ0v) is 12.1. The minimum atomic E-state index is -1.05. The average molecular weight is 284 g/mol. The number of carbonyl (C=O) groups is 3. The van der Waals surface area contributed by atoms with Crippen LogP contribution in [0, 0.1) is 11.8 Å². The number of nitrogens with one attached hydrogen (secondary N) is 2. The molecule has 1 rings (SSSR count). The molecule has 1 fully saturated rings. The van der Waals surface area contributed by atoms with E-state index < -0.39 is 17.9 Å². The number of rotatable bonds is 9. The van der Waals surface area contributed by atoms with Crippen molar-refractivity contribution in [1.82, 2.24) is 10.6 Å². The molecule has 0 heterocycles. The quantitative estimate of drug-likeness (QED) is 0.586. The van der Waals surface area contributed by atoms with Crippen LogP contribution < -0.4 is 10.6 Å². The van der Waals surface area contributed by atoms with E-state index in [1.165, 1.54) is 12.8 Å². The van der Waals surface area contributed by atoms with Gasteiger partial charge < -0.3 is 15.7 Å². The molecule has 1 aliphatic carbocycles. The number of hydrogen-bond donors (Lipinski definition) is 3. The highest BCUT2D eigenvalue weighted by molar-refractivity contribution is 5.87. The van der Waals surface area contributed by atoms with Crippen LogP contribution >= 0.6 is 0 Å². The van der Waals surface area contributed by atoms with Crippen LogP contribution in [0.5, 0.6) is 0 Å². The maximum atomic E-state index is 11.6. The molecule has 20 heavy (non-hydrogen) atoms. The fourth-order valence-electron chi connectivity index (χ4n) is 1.95. The van der Waals surface area contributed by atoms with E-state index in [1.54, 1.807) is 0 Å². The van der Waals surface area contributed by atoms with Gasteiger partial charge in [-0.05, 0) is 24.7 Å². The molecule has 1 saturated carbocycles. The van der Waals surface area contributed by atoms with E-state index in [0.29, 0.717) is 18.8 Å². The van der Waals surface area contributed by atoms with Crippen LogP contribution in [0.4, 0.5) is 0 Å². The molecule has 0 radical (unpaired) electrons. The molecular weight excluding hydrogens is 260 g/mol. The molecule has 114 valence electrons. The van der Waals surface area contributed by atoms with E-state index >= 15 is 0 Å². The number of hydrogen-bond acceptors (Lipinski definition) is 3. The Morgan fingerprint density at radius 3 is 2.35 bits per heavy atom. The van der Waals surface area contributed by atoms with Crippen molar-refractivity contribution in [2.24, 2.45) is 11.8 Å². The van der Waals surface area contributed by atoms with Gasteiger partial charge in [-0.1, -0.05) is 26.7 Å². The first kappa shape index (κ1) is 16.5. The molecule has 0 aliphatic heterocycles. The molecule has 0 bridgehead atoms. The minimum Gasteiger partial charge on any atom is -0.480 e. The smallest absolute Gasteiger partial charge is 0.326 e. The van der Waals surface area contributed by atoms with Gasteiger partial charge in [0.1, 0.15) is 6.04 Å². The van der Waals surface area contributed by atoms with Gasteiger partial charge in [0.05, 0.1) is 6.54 Å². The van der Waals surface area contributed by atoms with Crippen molar-refractivity contribution >= 4 is 17.8 Å². The fraction of sp³-hybridized carbons (Fsp3) is 0.786. The topological polar surface area (TPSA) is 95.5 Å². The van der Waals surface area contributed by atoms with Gasteiger partial charge in [-0.25, -0.2) is 4.79 Å². The van der Waals surface area contributed by atoms with E-state index in [0.717, 1.165) is 6.42 Å². The number of carbonyl (C=O) groups excluding carboxylic acids is 2. The monoisotopic (exact) mass is 284 g/mol. The standard InChI is InChI=1S/C14H24N2O4/c1-9(2)7-11(14(19)20)16-13(18)8-15-12(17)6-5-10-3-4-10/h9-11H,3-8H2,1-2H3,(H,15,17)(H,16,18)(H,19,20)/t11-/m0/s1. The third-order valence-corrected chi connectivity index (χ3v) is 3.26. The molecule has 0 aromatic rings. The van der Waals surface area contributed by atoms with Gasteiger partial charge in [0.2, 0.25) is 11.8 Å². The lowest BCUT2D eigenvalue weighted by molar-refractivity contribution is -0.142. The first-order valence-corrected chi connectivity index (χ1v) is 7.17. The number of carboxylic acids is 1. The predicted octanol–water partition coefficient (Wildman–Crippen LogP) is 0.908. The minimum absolute atomic E-state index is 0.150. The zero-order valence-electron chi connectivity index (χ0n) is 12.1. The molecule has 0 aromatic carbocycles. The van der Waals surface area contributed by atoms with Crippen LogP contribution in [-0.2, 0) is 14.4 Å². The summed E-state index contributed by atoms with van der Waals surface area (Å²) in [7, 11) is 0. The van der Waals surface area contributed by atoms with Gasteiger partial charge in [0.25, 0.3) is 0 Å². The summed E-state index contributed by atoms with van der Waals surface area (Å²) in [6, 6.07) is -0.897. The van der Waals surface area contributed by atoms with E-state index in [1.807, 2.05) is 13.8 Å². The van der Waals surface area contributed by atoms with Crippen LogP contribution in [0.25, 0.3) is 0 Å². The second-order valence-corrected chi connectivity index (χ2v) is 5.85. The third kappa shape index (κ3) is 7.11. The highest BCUT2D eigenvalue weighted by Crippen LogP contribution is 2.33. The van der Waals surface area contributed by atoms with Gasteiger partial charge in [-0.3, -0.25) is 9.59 Å². The molecule has 6 nitrogen and oxygen atoms in total. The number of carboxylic acid groups (broad SMARTS) is 1. The normalized spacial score (nSPS) is 15.8. The molecule has 3 N–H and O–H groups in total. The summed E-state index contributed by atoms with van der Waals surface area (Å²) in [6.45, 7) is 3.62. The first-order chi connectivity index (χ1) is 9.38. The van der Waals surface area contributed by atoms with Crippen LogP contribution in [0.2, 0.25) is 0 Å². The van der Waals surface area contributed by atoms with E-state index in [-0.39, 0.29) is 18.4 Å². The molecule has 1 aliphatic rings. The van der Waals surface area contributed by atoms with Gasteiger partial charge in [0.15, 0.2) is 0 Å². The Kier molecular flexibility index (Phi) is 6.48. The van der Waals surface area contributed by atoms with E-state index in [9.17, 15) is 14.4 Å². The van der Waals surface area contributed by atoms with Crippen LogP contribution in [0.3, 0.4) is 0 Å². The molecular formula is C14H24N2O4. The highest BCUT2D eigenvalue weighted by Gasteiger charge is 2.23. The van der Waals surface area contributed by atoms with Gasteiger partial charge >= 0.3 is 5.97 Å². The van der Waals surface area contributed by atoms with Crippen molar-refractivity contribution < 1.29 is 19.5 Å². The lowest BCUT2D eigenvalue weighted by Gasteiger charge is -2.16. The summed E-state index contributed by atoms with van der Waals surface area (Å²) in [5, 5.41) is 13.9. The lowest BCUT2D eigenvalue weighted by atomic mass is 10.0. The summed E-state index contributed by atoms with van der Waals surface area (Å²) in [4.78, 5) is 34.1. The lowest BCUT2D eigenvalue weighted by Crippen LogP contribution is -2.46. The molecule has 1 atom stereocenters. The summed E-state index contributed by atoms with van der Waals surface area (Å²) in [5.41, 5.74) is 0. The van der Waals surface area contributed by atoms with Crippen molar-refractivity contribution in [3.05, 3.63) is 0 Å². The molecule has 0 aromatic heterocycles. The second kappa shape index (κ2) is 7.87. The molecule has 0 saturated heterocycles. The Labute approximate surface area is 119 Å². The summed E-state index contributed by atoms with van der Waals surface area (Å²) >= 11 is 0. The van der Waals surface area contributed by atoms with Crippen molar-refractivity contribution in [2.45, 2.75) is 52.0 Å². The zero-order chi connectivity index (χ0) is 15.1. The molecule has 0 unspecified atom stereocenters. The number of amides is 2. The third-order valence-electron chi connectivity index (χ3n) is 3.26. The Morgan fingerprint density at radius 2 is 1.85 bits per heavy atom. The van der Waals surface area contributed by atoms with Crippen LogP contribution in [-0.4, -0.2) is 35.5 Å². The van der Waals surface area contributed by atoms with Crippen molar-refractivity contribution in [1.29, 1.82) is 0 Å². The van der Waals surface area contributed by atoms with E-state index in [2.05, 4.69) is 10.6 Å². The Hall–Kier alpha value is -1.59. The summed E-state index contributed by atoms with van der Waals surface area (Å²) in [5.74, 6) is -0.811. The SMILES string of the molecule is CC(C)C[C@H](NC(=O)CNC(=O)CCC1CC1)C(=O)O. The van der Waals surface area contributed by atoms with E-state index in [4.69, 9.17) is 5.11 Å². The van der Waals surface area contributed by atoms with Crippen molar-refractivity contribution in [3.8, 4) is 0 Å². The Bertz CT molecular complexity index is 364. The molecule has 6 heteroatoms. The second-order valence-electron chi connectivity index (χ2n) is 5.85. The average Bonchev–Trinajstić information content (AvgIpc) is 3.16. The maximum Gasteiger partial charge on any atom is 0.326 e. The summed E-state index contributed by atoms with van der Waals surface area (Å²) < 4.78 is 0. The van der Waals surface area contributed by atoms with Gasteiger partial charge in [0, 0.05) is 6.42 Å². The maximum absolute atomic E-state index is 11.6. The van der Waals surface area contributed by atoms with Gasteiger partial charge in [-0.15, -0.1) is 0 Å². The number of aliphatic carboxylic acids is 1. The highest BCUT2D eigenvalue weighted by atomic mass is 16.4. The van der Waals surface area contributed by atoms with Crippen molar-refractivity contribution in [2.75, 3.05) is 6.54 Å².